The summed E-state index contributed by atoms with van der Waals surface area (Å²) in [6.45, 7) is 0. The van der Waals surface area contributed by atoms with Gasteiger partial charge in [-0.05, 0) is 35.9 Å². The first kappa shape index (κ1) is 14.5. The van der Waals surface area contributed by atoms with E-state index in [1.165, 1.54) is 16.0 Å². The van der Waals surface area contributed by atoms with Crippen LogP contribution in [0.4, 0.5) is 0 Å². The van der Waals surface area contributed by atoms with Gasteiger partial charge in [-0.1, -0.05) is 52.3 Å². The number of rotatable bonds is 5. The van der Waals surface area contributed by atoms with Gasteiger partial charge in [0.05, 0.1) is 7.11 Å². The van der Waals surface area contributed by atoms with Crippen molar-refractivity contribution in [2.45, 2.75) is 16.1 Å². The van der Waals surface area contributed by atoms with Crippen molar-refractivity contribution in [3.8, 4) is 5.75 Å². The Hall–Kier alpha value is -0.930. The minimum absolute atomic E-state index is 0.299. The lowest BCUT2D eigenvalue weighted by Crippen LogP contribution is -1.99. The molecule has 19 heavy (non-hydrogen) atoms. The van der Waals surface area contributed by atoms with E-state index in [0.717, 1.165) is 12.2 Å². The van der Waals surface area contributed by atoms with Crippen molar-refractivity contribution < 1.29 is 4.74 Å². The zero-order valence-electron chi connectivity index (χ0n) is 11.1. The van der Waals surface area contributed by atoms with E-state index in [4.69, 9.17) is 4.74 Å². The minimum atomic E-state index is 0.299. The Balaban J connectivity index is 2.23. The maximum absolute atomic E-state index is 5.41. The second kappa shape index (κ2) is 7.01. The van der Waals surface area contributed by atoms with Gasteiger partial charge in [0.25, 0.3) is 0 Å². The zero-order chi connectivity index (χ0) is 13.7. The summed E-state index contributed by atoms with van der Waals surface area (Å²) in [7, 11) is 1.72. The molecule has 1 nitrogen and oxygen atoms in total. The molecule has 0 N–H and O–H groups in total. The van der Waals surface area contributed by atoms with Gasteiger partial charge < -0.3 is 4.74 Å². The van der Waals surface area contributed by atoms with Crippen LogP contribution in [0.15, 0.2) is 53.4 Å². The van der Waals surface area contributed by atoms with Crippen molar-refractivity contribution in [2.24, 2.45) is 0 Å². The quantitative estimate of drug-likeness (QED) is 0.555. The van der Waals surface area contributed by atoms with Crippen LogP contribution in [0.5, 0.6) is 5.75 Å². The Morgan fingerprint density at radius 1 is 1.11 bits per heavy atom. The summed E-state index contributed by atoms with van der Waals surface area (Å²) in [5, 5.41) is 0. The zero-order valence-corrected chi connectivity index (χ0v) is 13.5. The highest BCUT2D eigenvalue weighted by atomic mass is 79.9. The fourth-order valence-corrected chi connectivity index (χ4v) is 3.66. The van der Waals surface area contributed by atoms with E-state index in [9.17, 15) is 0 Å². The number of thioether (sulfide) groups is 1. The Kier molecular flexibility index (Phi) is 5.34. The molecule has 0 bridgehead atoms. The molecule has 0 saturated heterocycles. The lowest BCUT2D eigenvalue weighted by atomic mass is 10.0. The number of alkyl halides is 1. The second-order valence-electron chi connectivity index (χ2n) is 4.23. The van der Waals surface area contributed by atoms with Crippen LogP contribution in [0.3, 0.4) is 0 Å². The smallest absolute Gasteiger partial charge is 0.122 e. The molecule has 0 aliphatic rings. The number of halogens is 1. The summed E-state index contributed by atoms with van der Waals surface area (Å²) < 4.78 is 5.41. The molecule has 0 aliphatic heterocycles. The van der Waals surface area contributed by atoms with Crippen LogP contribution < -0.4 is 4.74 Å². The number of hydrogen-bond donors (Lipinski definition) is 0. The molecular weight excluding hydrogens is 320 g/mol. The van der Waals surface area contributed by atoms with E-state index in [1.807, 2.05) is 12.1 Å². The van der Waals surface area contributed by atoms with Crippen LogP contribution in [0, 0.1) is 0 Å². The van der Waals surface area contributed by atoms with E-state index in [-0.39, 0.29) is 0 Å². The first-order valence-electron chi connectivity index (χ1n) is 6.15. The minimum Gasteiger partial charge on any atom is -0.496 e. The van der Waals surface area contributed by atoms with Crippen molar-refractivity contribution in [1.82, 2.24) is 0 Å². The summed E-state index contributed by atoms with van der Waals surface area (Å²) in [5.74, 6) is 0.952. The number of benzene rings is 2. The van der Waals surface area contributed by atoms with Gasteiger partial charge in [0.1, 0.15) is 5.75 Å². The average Bonchev–Trinajstić information content (AvgIpc) is 2.47. The normalized spacial score (nSPS) is 12.2. The molecule has 0 spiro atoms. The Labute approximate surface area is 127 Å². The molecular formula is C16H17BrOS. The first-order chi connectivity index (χ1) is 9.26. The van der Waals surface area contributed by atoms with Crippen molar-refractivity contribution >= 4 is 27.7 Å². The van der Waals surface area contributed by atoms with E-state index < -0.39 is 0 Å². The SMILES string of the molecule is COc1ccccc1CC(Br)c1ccccc1SC. The Morgan fingerprint density at radius 3 is 2.53 bits per heavy atom. The monoisotopic (exact) mass is 336 g/mol. The molecule has 0 fully saturated rings. The van der Waals surface area contributed by atoms with Gasteiger partial charge in [0.15, 0.2) is 0 Å². The molecule has 1 unspecified atom stereocenters. The van der Waals surface area contributed by atoms with Crippen LogP contribution >= 0.6 is 27.7 Å². The Morgan fingerprint density at radius 2 is 1.79 bits per heavy atom. The van der Waals surface area contributed by atoms with Crippen LogP contribution in [0.1, 0.15) is 16.0 Å². The van der Waals surface area contributed by atoms with Crippen LogP contribution in [0.25, 0.3) is 0 Å². The summed E-state index contributed by atoms with van der Waals surface area (Å²) in [4.78, 5) is 1.62. The average molecular weight is 337 g/mol. The van der Waals surface area contributed by atoms with Crippen LogP contribution in [-0.4, -0.2) is 13.4 Å². The lowest BCUT2D eigenvalue weighted by molar-refractivity contribution is 0.409. The Bertz CT molecular complexity index is 542. The van der Waals surface area contributed by atoms with Gasteiger partial charge in [-0.25, -0.2) is 0 Å². The topological polar surface area (TPSA) is 9.23 Å². The van der Waals surface area contributed by atoms with Crippen LogP contribution in [0.2, 0.25) is 0 Å². The maximum atomic E-state index is 5.41. The third-order valence-electron chi connectivity index (χ3n) is 3.07. The summed E-state index contributed by atoms with van der Waals surface area (Å²) in [6, 6.07) is 16.7. The fourth-order valence-electron chi connectivity index (χ4n) is 2.10. The number of hydrogen-bond acceptors (Lipinski definition) is 2. The van der Waals surface area contributed by atoms with Gasteiger partial charge in [-0.2, -0.15) is 0 Å². The van der Waals surface area contributed by atoms with Crippen molar-refractivity contribution in [3.05, 3.63) is 59.7 Å². The molecule has 0 saturated carbocycles. The predicted molar refractivity (Wildman–Crippen MR) is 86.6 cm³/mol. The lowest BCUT2D eigenvalue weighted by Gasteiger charge is -2.15. The molecule has 0 aliphatic carbocycles. The van der Waals surface area contributed by atoms with Crippen molar-refractivity contribution in [3.63, 3.8) is 0 Å². The van der Waals surface area contributed by atoms with E-state index >= 15 is 0 Å². The second-order valence-corrected chi connectivity index (χ2v) is 6.18. The molecule has 0 radical (unpaired) electrons. The van der Waals surface area contributed by atoms with Gasteiger partial charge >= 0.3 is 0 Å². The standard InChI is InChI=1S/C16H17BrOS/c1-18-15-9-5-3-7-12(15)11-14(17)13-8-4-6-10-16(13)19-2/h3-10,14H,11H2,1-2H3. The predicted octanol–water partition coefficient (Wildman–Crippen LogP) is 5.10. The molecule has 0 amide bonds. The van der Waals surface area contributed by atoms with Gasteiger partial charge in [0, 0.05) is 9.72 Å². The highest BCUT2D eigenvalue weighted by Crippen LogP contribution is 2.35. The molecule has 3 heteroatoms. The van der Waals surface area contributed by atoms with Gasteiger partial charge in [-0.3, -0.25) is 0 Å². The molecule has 2 aromatic rings. The van der Waals surface area contributed by atoms with Crippen LogP contribution in [-0.2, 0) is 6.42 Å². The molecule has 1 atom stereocenters. The number of ether oxygens (including phenoxy) is 1. The molecule has 0 aromatic heterocycles. The summed E-state index contributed by atoms with van der Waals surface area (Å²) >= 11 is 5.59. The largest absolute Gasteiger partial charge is 0.496 e. The summed E-state index contributed by atoms with van der Waals surface area (Å²) in [6.07, 6.45) is 3.03. The molecule has 0 heterocycles. The number of para-hydroxylation sites is 1. The highest BCUT2D eigenvalue weighted by molar-refractivity contribution is 9.09. The third-order valence-corrected chi connectivity index (χ3v) is 4.70. The van der Waals surface area contributed by atoms with Crippen molar-refractivity contribution in [1.29, 1.82) is 0 Å². The first-order valence-corrected chi connectivity index (χ1v) is 8.29. The van der Waals surface area contributed by atoms with Gasteiger partial charge in [0.2, 0.25) is 0 Å². The van der Waals surface area contributed by atoms with E-state index in [2.05, 4.69) is 58.6 Å². The fraction of sp³-hybridized carbons (Fsp3) is 0.250. The van der Waals surface area contributed by atoms with E-state index in [1.54, 1.807) is 18.9 Å². The third kappa shape index (κ3) is 3.54. The molecule has 2 aromatic carbocycles. The maximum Gasteiger partial charge on any atom is 0.122 e. The van der Waals surface area contributed by atoms with E-state index in [0.29, 0.717) is 4.83 Å². The summed E-state index contributed by atoms with van der Waals surface area (Å²) in [5.41, 5.74) is 2.56. The van der Waals surface area contributed by atoms with Crippen molar-refractivity contribution in [2.75, 3.05) is 13.4 Å². The van der Waals surface area contributed by atoms with Gasteiger partial charge in [-0.15, -0.1) is 11.8 Å². The molecule has 2 rings (SSSR count). The molecule has 100 valence electrons. The number of methoxy groups -OCH3 is 1. The highest BCUT2D eigenvalue weighted by Gasteiger charge is 2.14.